The molecule has 0 atom stereocenters. The van der Waals surface area contributed by atoms with Gasteiger partial charge in [0.2, 0.25) is 0 Å². The fourth-order valence-corrected chi connectivity index (χ4v) is 2.29. The molecule has 1 heterocycles. The Balaban J connectivity index is 1.75. The van der Waals surface area contributed by atoms with Crippen LogP contribution in [0.5, 0.6) is 5.75 Å². The highest BCUT2D eigenvalue weighted by atomic mass is 16.6. The fourth-order valence-electron chi connectivity index (χ4n) is 2.29. The van der Waals surface area contributed by atoms with Crippen molar-refractivity contribution in [1.29, 1.82) is 0 Å². The maximum Gasteiger partial charge on any atom is 0.291 e. The topological polar surface area (TPSA) is 107 Å². The number of carbonyl (C=O) groups excluding carboxylic acids is 1. The summed E-state index contributed by atoms with van der Waals surface area (Å²) in [4.78, 5) is 26.6. The van der Waals surface area contributed by atoms with Crippen LogP contribution in [0, 0.1) is 10.1 Å². The second-order valence-electron chi connectivity index (χ2n) is 5.42. The van der Waals surface area contributed by atoms with E-state index >= 15 is 0 Å². The number of nitrogens with one attached hydrogen (secondary N) is 1. The van der Waals surface area contributed by atoms with Crippen LogP contribution in [-0.2, 0) is 0 Å². The van der Waals surface area contributed by atoms with E-state index in [0.717, 1.165) is 5.56 Å². The van der Waals surface area contributed by atoms with Crippen LogP contribution in [0.25, 0.3) is 0 Å². The zero-order valence-corrected chi connectivity index (χ0v) is 14.3. The lowest BCUT2D eigenvalue weighted by Crippen LogP contribution is -2.11. The first-order valence-electron chi connectivity index (χ1n) is 7.88. The number of carbonyl (C=O) groups is 1. The number of anilines is 1. The van der Waals surface area contributed by atoms with Crippen molar-refractivity contribution in [2.24, 2.45) is 4.99 Å². The number of hydrogen-bond acceptors (Lipinski definition) is 6. The summed E-state index contributed by atoms with van der Waals surface area (Å²) in [7, 11) is 1.49. The number of furan rings is 1. The van der Waals surface area contributed by atoms with Crippen molar-refractivity contribution in [2.75, 3.05) is 12.4 Å². The Morgan fingerprint density at radius 1 is 1.22 bits per heavy atom. The number of amides is 1. The molecule has 0 radical (unpaired) electrons. The minimum atomic E-state index is -0.457. The predicted octanol–water partition coefficient (Wildman–Crippen LogP) is 4.20. The van der Waals surface area contributed by atoms with Crippen LogP contribution in [0.3, 0.4) is 0 Å². The van der Waals surface area contributed by atoms with Crippen molar-refractivity contribution < 1.29 is 18.9 Å². The molecule has 0 aliphatic heterocycles. The Hall–Kier alpha value is -3.94. The molecule has 136 valence electrons. The van der Waals surface area contributed by atoms with E-state index in [1.165, 1.54) is 25.5 Å². The quantitative estimate of drug-likeness (QED) is 0.400. The van der Waals surface area contributed by atoms with Gasteiger partial charge in [-0.1, -0.05) is 0 Å². The number of methoxy groups -OCH3 is 1. The predicted molar refractivity (Wildman–Crippen MR) is 100 cm³/mol. The molecule has 3 aromatic rings. The Morgan fingerprint density at radius 3 is 2.63 bits per heavy atom. The lowest BCUT2D eigenvalue weighted by atomic mass is 10.2. The second kappa shape index (κ2) is 7.96. The number of aliphatic imine (C=N–C) groups is 1. The summed E-state index contributed by atoms with van der Waals surface area (Å²) in [5.41, 5.74) is 1.81. The van der Waals surface area contributed by atoms with E-state index in [1.807, 2.05) is 0 Å². The molecule has 3 rings (SSSR count). The number of hydrogen-bond donors (Lipinski definition) is 1. The summed E-state index contributed by atoms with van der Waals surface area (Å²) in [6.07, 6.45) is 3.00. The van der Waals surface area contributed by atoms with Crippen LogP contribution < -0.4 is 10.1 Å². The third kappa shape index (κ3) is 4.37. The Bertz CT molecular complexity index is 979. The van der Waals surface area contributed by atoms with Crippen LogP contribution in [-0.4, -0.2) is 24.2 Å². The van der Waals surface area contributed by atoms with Crippen LogP contribution in [0.1, 0.15) is 16.1 Å². The van der Waals surface area contributed by atoms with Crippen molar-refractivity contribution in [1.82, 2.24) is 0 Å². The molecule has 0 saturated carbocycles. The van der Waals surface area contributed by atoms with Gasteiger partial charge in [-0.15, -0.1) is 0 Å². The SMILES string of the molecule is COc1cc(N=Cc2ccc([N+](=O)[O-])cc2)ccc1NC(=O)c1ccco1. The summed E-state index contributed by atoms with van der Waals surface area (Å²) < 4.78 is 10.4. The number of non-ortho nitro benzene ring substituents is 1. The standard InChI is InChI=1S/C19H15N3O5/c1-26-18-11-14(20-12-13-4-7-15(8-5-13)22(24)25)6-9-16(18)21-19(23)17-3-2-10-27-17/h2-12H,1H3,(H,21,23). The average Bonchev–Trinajstić information content (AvgIpc) is 3.22. The zero-order valence-electron chi connectivity index (χ0n) is 14.3. The fraction of sp³-hybridized carbons (Fsp3) is 0.0526. The van der Waals surface area contributed by atoms with Gasteiger partial charge in [-0.05, 0) is 42.0 Å². The van der Waals surface area contributed by atoms with Crippen molar-refractivity contribution in [3.05, 3.63) is 82.3 Å². The Labute approximate surface area is 154 Å². The largest absolute Gasteiger partial charge is 0.494 e. The highest BCUT2D eigenvalue weighted by Gasteiger charge is 2.12. The molecule has 1 amide bonds. The van der Waals surface area contributed by atoms with Gasteiger partial charge in [0, 0.05) is 24.4 Å². The van der Waals surface area contributed by atoms with Crippen LogP contribution >= 0.6 is 0 Å². The lowest BCUT2D eigenvalue weighted by molar-refractivity contribution is -0.384. The molecule has 8 nitrogen and oxygen atoms in total. The zero-order chi connectivity index (χ0) is 19.2. The first-order chi connectivity index (χ1) is 13.1. The molecule has 27 heavy (non-hydrogen) atoms. The second-order valence-corrected chi connectivity index (χ2v) is 5.42. The third-order valence-corrected chi connectivity index (χ3v) is 3.64. The van der Waals surface area contributed by atoms with Gasteiger partial charge in [0.1, 0.15) is 5.75 Å². The third-order valence-electron chi connectivity index (χ3n) is 3.64. The minimum Gasteiger partial charge on any atom is -0.494 e. The van der Waals surface area contributed by atoms with Crippen LogP contribution in [0.4, 0.5) is 17.1 Å². The van der Waals surface area contributed by atoms with E-state index in [4.69, 9.17) is 9.15 Å². The molecule has 1 N–H and O–H groups in total. The van der Waals surface area contributed by atoms with Gasteiger partial charge in [0.15, 0.2) is 5.76 Å². The molecular weight excluding hydrogens is 350 g/mol. The van der Waals surface area contributed by atoms with Crippen molar-refractivity contribution >= 4 is 29.2 Å². The molecule has 0 saturated heterocycles. The van der Waals surface area contributed by atoms with E-state index in [2.05, 4.69) is 10.3 Å². The number of benzene rings is 2. The molecule has 0 aliphatic rings. The molecule has 8 heteroatoms. The van der Waals surface area contributed by atoms with Crippen LogP contribution in [0.15, 0.2) is 70.3 Å². The number of nitro groups is 1. The molecule has 2 aromatic carbocycles. The lowest BCUT2D eigenvalue weighted by Gasteiger charge is -2.09. The van der Waals surface area contributed by atoms with Gasteiger partial charge in [-0.25, -0.2) is 0 Å². The smallest absolute Gasteiger partial charge is 0.291 e. The molecule has 0 aliphatic carbocycles. The molecule has 1 aromatic heterocycles. The van der Waals surface area contributed by atoms with E-state index in [1.54, 1.807) is 48.7 Å². The maximum atomic E-state index is 12.1. The van der Waals surface area contributed by atoms with Gasteiger partial charge in [-0.2, -0.15) is 0 Å². The van der Waals surface area contributed by atoms with Gasteiger partial charge in [0.05, 0.1) is 29.7 Å². The average molecular weight is 365 g/mol. The number of nitrogens with zero attached hydrogens (tertiary/aromatic N) is 2. The normalized spacial score (nSPS) is 10.7. The summed E-state index contributed by atoms with van der Waals surface area (Å²) in [6.45, 7) is 0. The molecule has 0 unspecified atom stereocenters. The van der Waals surface area contributed by atoms with Gasteiger partial charge in [0.25, 0.3) is 11.6 Å². The maximum absolute atomic E-state index is 12.1. The monoisotopic (exact) mass is 365 g/mol. The Morgan fingerprint density at radius 2 is 2.00 bits per heavy atom. The number of rotatable bonds is 6. The Kier molecular flexibility index (Phi) is 5.27. The molecular formula is C19H15N3O5. The number of ether oxygens (including phenoxy) is 1. The summed E-state index contributed by atoms with van der Waals surface area (Å²) in [5.74, 6) is 0.242. The molecule has 0 bridgehead atoms. The van der Waals surface area contributed by atoms with E-state index in [0.29, 0.717) is 17.1 Å². The van der Waals surface area contributed by atoms with Crippen molar-refractivity contribution in [3.8, 4) is 5.75 Å². The van der Waals surface area contributed by atoms with Gasteiger partial charge in [-0.3, -0.25) is 19.9 Å². The van der Waals surface area contributed by atoms with Gasteiger partial charge < -0.3 is 14.5 Å². The minimum absolute atomic E-state index is 0.0190. The molecule has 0 fully saturated rings. The van der Waals surface area contributed by atoms with Gasteiger partial charge >= 0.3 is 0 Å². The molecule has 0 spiro atoms. The van der Waals surface area contributed by atoms with Crippen LogP contribution in [0.2, 0.25) is 0 Å². The van der Waals surface area contributed by atoms with E-state index in [-0.39, 0.29) is 17.4 Å². The van der Waals surface area contributed by atoms with Crippen molar-refractivity contribution in [3.63, 3.8) is 0 Å². The summed E-state index contributed by atoms with van der Waals surface area (Å²) in [5, 5.41) is 13.4. The first kappa shape index (κ1) is 17.9. The highest BCUT2D eigenvalue weighted by molar-refractivity contribution is 6.03. The number of nitro benzene ring substituents is 1. The van der Waals surface area contributed by atoms with E-state index < -0.39 is 4.92 Å². The highest BCUT2D eigenvalue weighted by Crippen LogP contribution is 2.29. The first-order valence-corrected chi connectivity index (χ1v) is 7.88. The summed E-state index contributed by atoms with van der Waals surface area (Å²) in [6, 6.07) is 14.3. The van der Waals surface area contributed by atoms with Crippen molar-refractivity contribution in [2.45, 2.75) is 0 Å². The van der Waals surface area contributed by atoms with E-state index in [9.17, 15) is 14.9 Å². The summed E-state index contributed by atoms with van der Waals surface area (Å²) >= 11 is 0.